The molecule has 0 spiro atoms. The predicted octanol–water partition coefficient (Wildman–Crippen LogP) is 4.94. The van der Waals surface area contributed by atoms with Crippen LogP contribution in [-0.2, 0) is 6.42 Å². The monoisotopic (exact) mass is 234 g/mol. The zero-order chi connectivity index (χ0) is 11.4. The highest BCUT2D eigenvalue weighted by Crippen LogP contribution is 2.25. The number of unbranched alkanes of at least 4 members (excludes halogenated alkanes) is 1. The van der Waals surface area contributed by atoms with E-state index in [0.29, 0.717) is 0 Å². The lowest BCUT2D eigenvalue weighted by atomic mass is 10.1. The maximum absolute atomic E-state index is 5.95. The van der Waals surface area contributed by atoms with Crippen molar-refractivity contribution in [1.29, 1.82) is 0 Å². The maximum atomic E-state index is 5.95. The molecule has 0 aliphatic heterocycles. The van der Waals surface area contributed by atoms with Crippen LogP contribution in [-0.4, -0.2) is 0 Å². The van der Waals surface area contributed by atoms with Crippen molar-refractivity contribution in [3.8, 4) is 11.1 Å². The van der Waals surface area contributed by atoms with Crippen LogP contribution in [0.3, 0.4) is 0 Å². The van der Waals surface area contributed by atoms with Crippen molar-refractivity contribution in [3.63, 3.8) is 0 Å². The van der Waals surface area contributed by atoms with E-state index in [4.69, 9.17) is 16.0 Å². The molecule has 0 saturated carbocycles. The number of hydrogen-bond donors (Lipinski definition) is 0. The molecule has 1 aromatic carbocycles. The van der Waals surface area contributed by atoms with Gasteiger partial charge in [-0.05, 0) is 30.2 Å². The molecule has 0 radical (unpaired) electrons. The summed E-state index contributed by atoms with van der Waals surface area (Å²) in [7, 11) is 0. The van der Waals surface area contributed by atoms with Gasteiger partial charge in [-0.15, -0.1) is 0 Å². The van der Waals surface area contributed by atoms with Crippen LogP contribution in [0.25, 0.3) is 11.1 Å². The molecule has 2 aromatic rings. The number of benzene rings is 1. The van der Waals surface area contributed by atoms with Crippen LogP contribution < -0.4 is 0 Å². The van der Waals surface area contributed by atoms with Gasteiger partial charge in [-0.1, -0.05) is 37.1 Å². The van der Waals surface area contributed by atoms with Crippen molar-refractivity contribution in [2.75, 3.05) is 0 Å². The average Bonchev–Trinajstić information content (AvgIpc) is 2.75. The van der Waals surface area contributed by atoms with E-state index >= 15 is 0 Å². The zero-order valence-corrected chi connectivity index (χ0v) is 10.1. The van der Waals surface area contributed by atoms with Crippen LogP contribution in [0.5, 0.6) is 0 Å². The number of rotatable bonds is 4. The maximum Gasteiger partial charge on any atom is 0.104 e. The van der Waals surface area contributed by atoms with Gasteiger partial charge in [-0.3, -0.25) is 0 Å². The summed E-state index contributed by atoms with van der Waals surface area (Å²) in [5.74, 6) is 1.05. The standard InChI is InChI=1S/C14H15ClO/c1-2-3-7-14-9-12(10-16-14)11-5-4-6-13(15)8-11/h4-6,8-10H,2-3,7H2,1H3. The minimum absolute atomic E-state index is 0.758. The van der Waals surface area contributed by atoms with E-state index < -0.39 is 0 Å². The summed E-state index contributed by atoms with van der Waals surface area (Å²) in [5, 5.41) is 0.758. The Hall–Kier alpha value is -1.21. The lowest BCUT2D eigenvalue weighted by Gasteiger charge is -1.96. The highest BCUT2D eigenvalue weighted by atomic mass is 35.5. The van der Waals surface area contributed by atoms with E-state index in [2.05, 4.69) is 13.0 Å². The lowest BCUT2D eigenvalue weighted by Crippen LogP contribution is -1.79. The highest BCUT2D eigenvalue weighted by Gasteiger charge is 2.04. The van der Waals surface area contributed by atoms with Crippen LogP contribution in [0.15, 0.2) is 41.0 Å². The van der Waals surface area contributed by atoms with Crippen molar-refractivity contribution in [1.82, 2.24) is 0 Å². The Balaban J connectivity index is 2.18. The van der Waals surface area contributed by atoms with Crippen molar-refractivity contribution in [2.24, 2.45) is 0 Å². The number of furan rings is 1. The van der Waals surface area contributed by atoms with Gasteiger partial charge < -0.3 is 4.42 Å². The molecule has 0 aliphatic carbocycles. The van der Waals surface area contributed by atoms with Gasteiger partial charge in [0.15, 0.2) is 0 Å². The van der Waals surface area contributed by atoms with Gasteiger partial charge in [0.25, 0.3) is 0 Å². The van der Waals surface area contributed by atoms with Crippen LogP contribution in [0.1, 0.15) is 25.5 Å². The second kappa shape index (κ2) is 5.22. The normalized spacial score (nSPS) is 10.6. The Morgan fingerprint density at radius 1 is 1.19 bits per heavy atom. The third-order valence-corrected chi connectivity index (χ3v) is 2.82. The molecule has 0 atom stereocenters. The molecule has 0 fully saturated rings. The molecule has 84 valence electrons. The second-order valence-electron chi connectivity index (χ2n) is 3.92. The predicted molar refractivity (Wildman–Crippen MR) is 67.8 cm³/mol. The largest absolute Gasteiger partial charge is 0.469 e. The quantitative estimate of drug-likeness (QED) is 0.730. The number of halogens is 1. The fraction of sp³-hybridized carbons (Fsp3) is 0.286. The fourth-order valence-electron chi connectivity index (χ4n) is 1.68. The molecule has 0 saturated heterocycles. The minimum atomic E-state index is 0.758. The molecule has 0 bridgehead atoms. The van der Waals surface area contributed by atoms with E-state index in [1.54, 1.807) is 6.26 Å². The van der Waals surface area contributed by atoms with Crippen molar-refractivity contribution >= 4 is 11.6 Å². The third kappa shape index (κ3) is 2.67. The lowest BCUT2D eigenvalue weighted by molar-refractivity contribution is 0.501. The first-order chi connectivity index (χ1) is 7.79. The summed E-state index contributed by atoms with van der Waals surface area (Å²) in [6.45, 7) is 2.18. The Morgan fingerprint density at radius 3 is 2.81 bits per heavy atom. The van der Waals surface area contributed by atoms with Gasteiger partial charge in [-0.25, -0.2) is 0 Å². The smallest absolute Gasteiger partial charge is 0.104 e. The molecule has 2 heteroatoms. The molecule has 0 unspecified atom stereocenters. The molecule has 1 aromatic heterocycles. The van der Waals surface area contributed by atoms with E-state index in [9.17, 15) is 0 Å². The first kappa shape index (κ1) is 11.3. The summed E-state index contributed by atoms with van der Waals surface area (Å²) < 4.78 is 5.52. The van der Waals surface area contributed by atoms with E-state index in [1.807, 2.05) is 24.3 Å². The average molecular weight is 235 g/mol. The second-order valence-corrected chi connectivity index (χ2v) is 4.35. The van der Waals surface area contributed by atoms with Crippen LogP contribution in [0.4, 0.5) is 0 Å². The highest BCUT2D eigenvalue weighted by molar-refractivity contribution is 6.30. The van der Waals surface area contributed by atoms with Gasteiger partial charge in [0.1, 0.15) is 5.76 Å². The topological polar surface area (TPSA) is 13.1 Å². The zero-order valence-electron chi connectivity index (χ0n) is 9.37. The fourth-order valence-corrected chi connectivity index (χ4v) is 1.87. The van der Waals surface area contributed by atoms with Crippen LogP contribution in [0.2, 0.25) is 5.02 Å². The third-order valence-electron chi connectivity index (χ3n) is 2.59. The van der Waals surface area contributed by atoms with E-state index in [1.165, 1.54) is 12.8 Å². The van der Waals surface area contributed by atoms with Crippen LogP contribution in [0, 0.1) is 0 Å². The molecule has 2 rings (SSSR count). The van der Waals surface area contributed by atoms with Gasteiger partial charge >= 0.3 is 0 Å². The summed E-state index contributed by atoms with van der Waals surface area (Å²) >= 11 is 5.95. The first-order valence-electron chi connectivity index (χ1n) is 5.63. The van der Waals surface area contributed by atoms with Gasteiger partial charge in [0, 0.05) is 17.0 Å². The molecule has 16 heavy (non-hydrogen) atoms. The van der Waals surface area contributed by atoms with E-state index in [0.717, 1.165) is 28.3 Å². The van der Waals surface area contributed by atoms with Gasteiger partial charge in [-0.2, -0.15) is 0 Å². The Labute approximate surface area is 101 Å². The molecular formula is C14H15ClO. The van der Waals surface area contributed by atoms with Crippen molar-refractivity contribution < 1.29 is 4.42 Å². The summed E-state index contributed by atoms with van der Waals surface area (Å²) in [5.41, 5.74) is 2.22. The molecule has 0 N–H and O–H groups in total. The van der Waals surface area contributed by atoms with Crippen molar-refractivity contribution in [2.45, 2.75) is 26.2 Å². The molecular weight excluding hydrogens is 220 g/mol. The Kier molecular flexibility index (Phi) is 3.68. The summed E-state index contributed by atoms with van der Waals surface area (Å²) in [4.78, 5) is 0. The number of aryl methyl sites for hydroxylation is 1. The Morgan fingerprint density at radius 2 is 2.06 bits per heavy atom. The summed E-state index contributed by atoms with van der Waals surface area (Å²) in [6.07, 6.45) is 5.17. The van der Waals surface area contributed by atoms with Gasteiger partial charge in [0.2, 0.25) is 0 Å². The van der Waals surface area contributed by atoms with Gasteiger partial charge in [0.05, 0.1) is 6.26 Å². The van der Waals surface area contributed by atoms with Crippen LogP contribution >= 0.6 is 11.6 Å². The Bertz CT molecular complexity index is 459. The van der Waals surface area contributed by atoms with E-state index in [-0.39, 0.29) is 0 Å². The molecule has 0 aliphatic rings. The molecule has 0 amide bonds. The number of hydrogen-bond acceptors (Lipinski definition) is 1. The molecule has 1 nitrogen and oxygen atoms in total. The molecule has 1 heterocycles. The minimum Gasteiger partial charge on any atom is -0.469 e. The van der Waals surface area contributed by atoms with Crippen molar-refractivity contribution in [3.05, 3.63) is 47.4 Å². The first-order valence-corrected chi connectivity index (χ1v) is 6.00. The SMILES string of the molecule is CCCCc1cc(-c2cccc(Cl)c2)co1. The summed E-state index contributed by atoms with van der Waals surface area (Å²) in [6, 6.07) is 9.93.